The third-order valence-electron chi connectivity index (χ3n) is 5.99. The summed E-state index contributed by atoms with van der Waals surface area (Å²) in [5, 5.41) is 18.5. The molecule has 1 atom stereocenters. The smallest absolute Gasteiger partial charge is 0.222 e. The zero-order chi connectivity index (χ0) is 18.6. The molecule has 140 valence electrons. The fourth-order valence-electron chi connectivity index (χ4n) is 4.28. The van der Waals surface area contributed by atoms with Crippen molar-refractivity contribution in [1.29, 1.82) is 5.26 Å². The molecule has 1 N–H and O–H groups in total. The van der Waals surface area contributed by atoms with Crippen molar-refractivity contribution in [1.82, 2.24) is 14.7 Å². The Hall–Kier alpha value is -1.94. The van der Waals surface area contributed by atoms with Gasteiger partial charge in [-0.2, -0.15) is 5.26 Å². The highest BCUT2D eigenvalue weighted by Gasteiger charge is 2.42. The van der Waals surface area contributed by atoms with E-state index in [9.17, 15) is 15.2 Å². The normalized spacial score (nSPS) is 25.3. The van der Waals surface area contributed by atoms with Crippen LogP contribution < -0.4 is 0 Å². The first-order chi connectivity index (χ1) is 12.6. The minimum Gasteiger partial charge on any atom is -0.395 e. The van der Waals surface area contributed by atoms with Crippen LogP contribution in [-0.4, -0.2) is 77.6 Å². The van der Waals surface area contributed by atoms with E-state index in [2.05, 4.69) is 22.9 Å². The van der Waals surface area contributed by atoms with Crippen LogP contribution in [0.1, 0.15) is 30.4 Å². The summed E-state index contributed by atoms with van der Waals surface area (Å²) in [4.78, 5) is 19.0. The van der Waals surface area contributed by atoms with E-state index >= 15 is 0 Å². The van der Waals surface area contributed by atoms with Gasteiger partial charge in [0.05, 0.1) is 18.2 Å². The molecule has 0 aromatic heterocycles. The number of nitriles is 1. The number of amides is 1. The fraction of sp³-hybridized carbons (Fsp3) is 0.600. The molecule has 1 amide bonds. The maximum absolute atomic E-state index is 12.3. The van der Waals surface area contributed by atoms with Gasteiger partial charge in [-0.05, 0) is 31.5 Å². The van der Waals surface area contributed by atoms with Crippen molar-refractivity contribution < 1.29 is 9.90 Å². The highest BCUT2D eigenvalue weighted by Crippen LogP contribution is 2.32. The van der Waals surface area contributed by atoms with Crippen LogP contribution in [0.5, 0.6) is 0 Å². The zero-order valence-corrected chi connectivity index (χ0v) is 15.5. The van der Waals surface area contributed by atoms with Gasteiger partial charge in [0, 0.05) is 51.2 Å². The fourth-order valence-corrected chi connectivity index (χ4v) is 4.28. The third-order valence-corrected chi connectivity index (χ3v) is 5.99. The van der Waals surface area contributed by atoms with Crippen LogP contribution in [0.15, 0.2) is 24.3 Å². The lowest BCUT2D eigenvalue weighted by Gasteiger charge is -2.49. The highest BCUT2D eigenvalue weighted by molar-refractivity contribution is 5.76. The van der Waals surface area contributed by atoms with Crippen molar-refractivity contribution in [3.05, 3.63) is 35.4 Å². The van der Waals surface area contributed by atoms with E-state index in [-0.39, 0.29) is 18.1 Å². The molecular formula is C20H28N4O2. The van der Waals surface area contributed by atoms with Gasteiger partial charge in [0.25, 0.3) is 0 Å². The molecule has 2 fully saturated rings. The number of aliphatic hydroxyl groups is 1. The predicted molar refractivity (Wildman–Crippen MR) is 99.3 cm³/mol. The Balaban J connectivity index is 1.73. The lowest BCUT2D eigenvalue weighted by Crippen LogP contribution is -2.60. The van der Waals surface area contributed by atoms with Gasteiger partial charge in [-0.25, -0.2) is 0 Å². The summed E-state index contributed by atoms with van der Waals surface area (Å²) in [5.74, 6) is 0.149. The van der Waals surface area contributed by atoms with E-state index in [1.54, 1.807) is 4.90 Å². The van der Waals surface area contributed by atoms with Crippen LogP contribution in [0.3, 0.4) is 0 Å². The quantitative estimate of drug-likeness (QED) is 0.873. The lowest BCUT2D eigenvalue weighted by atomic mass is 9.86. The van der Waals surface area contributed by atoms with Crippen molar-refractivity contribution in [3.8, 4) is 6.07 Å². The molecule has 0 aliphatic carbocycles. The number of hydrogen-bond donors (Lipinski definition) is 1. The monoisotopic (exact) mass is 356 g/mol. The Labute approximate surface area is 155 Å². The highest BCUT2D eigenvalue weighted by atomic mass is 16.3. The molecule has 2 aliphatic rings. The van der Waals surface area contributed by atoms with Gasteiger partial charge in [-0.3, -0.25) is 14.6 Å². The van der Waals surface area contributed by atoms with E-state index < -0.39 is 0 Å². The summed E-state index contributed by atoms with van der Waals surface area (Å²) in [5.41, 5.74) is 1.80. The first kappa shape index (κ1) is 18.8. The molecule has 2 heterocycles. The van der Waals surface area contributed by atoms with Crippen LogP contribution in [-0.2, 0) is 11.3 Å². The largest absolute Gasteiger partial charge is 0.395 e. The molecule has 26 heavy (non-hydrogen) atoms. The Bertz CT molecular complexity index is 687. The molecule has 0 bridgehead atoms. The minimum absolute atomic E-state index is 0.0142. The van der Waals surface area contributed by atoms with Crippen molar-refractivity contribution in [3.63, 3.8) is 0 Å². The van der Waals surface area contributed by atoms with Crippen LogP contribution in [0, 0.1) is 11.3 Å². The molecule has 2 saturated heterocycles. The summed E-state index contributed by atoms with van der Waals surface area (Å²) >= 11 is 0. The number of carbonyl (C=O) groups excluding carboxylic acids is 1. The average molecular weight is 356 g/mol. The number of benzene rings is 1. The number of likely N-dealkylation sites (N-methyl/N-ethyl adjacent to an activating group) is 1. The van der Waals surface area contributed by atoms with Crippen LogP contribution in [0.25, 0.3) is 0 Å². The first-order valence-corrected chi connectivity index (χ1v) is 9.38. The molecule has 1 unspecified atom stereocenters. The van der Waals surface area contributed by atoms with E-state index in [0.29, 0.717) is 19.5 Å². The minimum atomic E-state index is -0.0142. The number of β-amino-alcohol motifs (C(OH)–C–C–N with tert-alkyl or cyclic N) is 1. The van der Waals surface area contributed by atoms with Crippen molar-refractivity contribution in [2.24, 2.45) is 0 Å². The molecule has 6 nitrogen and oxygen atoms in total. The number of piperazine rings is 1. The number of hydrogen-bond acceptors (Lipinski definition) is 5. The van der Waals surface area contributed by atoms with Crippen LogP contribution in [0.2, 0.25) is 0 Å². The maximum Gasteiger partial charge on any atom is 0.222 e. The standard InChI is InChI=1S/C20H28N4O2/c1-22-10-11-23(15-18-5-3-2-4-17(18)14-21)16-20(22)7-6-19(26)24(9-8-20)12-13-25/h2-5,25H,6-13,15-16H2,1H3. The van der Waals surface area contributed by atoms with Crippen molar-refractivity contribution in [2.75, 3.05) is 46.4 Å². The molecule has 1 spiro atoms. The second-order valence-electron chi connectivity index (χ2n) is 7.48. The van der Waals surface area contributed by atoms with E-state index in [0.717, 1.165) is 50.1 Å². The predicted octanol–water partition coefficient (Wildman–Crippen LogP) is 1.05. The van der Waals surface area contributed by atoms with E-state index in [1.807, 2.05) is 24.3 Å². The first-order valence-electron chi connectivity index (χ1n) is 9.38. The summed E-state index contributed by atoms with van der Waals surface area (Å²) in [6.45, 7) is 4.75. The second kappa shape index (κ2) is 8.17. The molecule has 1 aromatic carbocycles. The Kier molecular flexibility index (Phi) is 5.92. The van der Waals surface area contributed by atoms with Gasteiger partial charge < -0.3 is 10.0 Å². The van der Waals surface area contributed by atoms with Crippen LogP contribution in [0.4, 0.5) is 0 Å². The number of likely N-dealkylation sites (tertiary alicyclic amines) is 1. The van der Waals surface area contributed by atoms with E-state index in [1.165, 1.54) is 0 Å². The summed E-state index contributed by atoms with van der Waals surface area (Å²) < 4.78 is 0. The average Bonchev–Trinajstić information content (AvgIpc) is 2.80. The van der Waals surface area contributed by atoms with Gasteiger partial charge in [0.15, 0.2) is 0 Å². The van der Waals surface area contributed by atoms with Gasteiger partial charge in [0.2, 0.25) is 5.91 Å². The van der Waals surface area contributed by atoms with Gasteiger partial charge in [-0.15, -0.1) is 0 Å². The van der Waals surface area contributed by atoms with Gasteiger partial charge in [0.1, 0.15) is 0 Å². The SMILES string of the molecule is CN1CCN(Cc2ccccc2C#N)CC12CCC(=O)N(CCO)CC2. The molecule has 0 saturated carbocycles. The maximum atomic E-state index is 12.3. The second-order valence-corrected chi connectivity index (χ2v) is 7.48. The molecular weight excluding hydrogens is 328 g/mol. The molecule has 2 aliphatic heterocycles. The summed E-state index contributed by atoms with van der Waals surface area (Å²) in [6, 6.07) is 10.1. The summed E-state index contributed by atoms with van der Waals surface area (Å²) in [7, 11) is 2.16. The third kappa shape index (κ3) is 3.90. The zero-order valence-electron chi connectivity index (χ0n) is 15.5. The molecule has 3 rings (SSSR count). The number of carbonyl (C=O) groups is 1. The number of aliphatic hydroxyl groups excluding tert-OH is 1. The molecule has 0 radical (unpaired) electrons. The van der Waals surface area contributed by atoms with Crippen LogP contribution >= 0.6 is 0 Å². The van der Waals surface area contributed by atoms with Gasteiger partial charge >= 0.3 is 0 Å². The topological polar surface area (TPSA) is 70.8 Å². The van der Waals surface area contributed by atoms with Gasteiger partial charge in [-0.1, -0.05) is 18.2 Å². The number of rotatable bonds is 4. The Morgan fingerprint density at radius 1 is 1.23 bits per heavy atom. The van der Waals surface area contributed by atoms with Crippen molar-refractivity contribution >= 4 is 5.91 Å². The molecule has 6 heteroatoms. The Morgan fingerprint density at radius 2 is 2.04 bits per heavy atom. The van der Waals surface area contributed by atoms with Crippen molar-refractivity contribution in [2.45, 2.75) is 31.3 Å². The van der Waals surface area contributed by atoms with E-state index in [4.69, 9.17) is 0 Å². The number of nitrogens with zero attached hydrogens (tertiary/aromatic N) is 4. The lowest BCUT2D eigenvalue weighted by molar-refractivity contribution is -0.131. The summed E-state index contributed by atoms with van der Waals surface area (Å²) in [6.07, 6.45) is 2.30. The molecule has 1 aromatic rings. The Morgan fingerprint density at radius 3 is 2.81 bits per heavy atom.